The lowest BCUT2D eigenvalue weighted by molar-refractivity contribution is -0.117. The summed E-state index contributed by atoms with van der Waals surface area (Å²) < 4.78 is 1.96. The molecule has 0 radical (unpaired) electrons. The van der Waals surface area contributed by atoms with Gasteiger partial charge < -0.3 is 9.47 Å². The largest absolute Gasteiger partial charge is 0.320 e. The molecule has 0 N–H and O–H groups in total. The third-order valence-corrected chi connectivity index (χ3v) is 5.96. The standard InChI is InChI=1S/C25H20ClN3O2/c26-19-12-10-17(11-13-19)23(30)16-29-22-9-5-4-8-21(22)27-25(29)18-14-24(31)28(15-18)20-6-2-1-3-7-20/h1-13,18H,14-16H2. The Morgan fingerprint density at radius 2 is 1.68 bits per heavy atom. The Balaban J connectivity index is 1.50. The van der Waals surface area contributed by atoms with E-state index in [1.54, 1.807) is 29.2 Å². The van der Waals surface area contributed by atoms with Gasteiger partial charge in [-0.2, -0.15) is 0 Å². The van der Waals surface area contributed by atoms with Gasteiger partial charge in [0.1, 0.15) is 5.82 Å². The van der Waals surface area contributed by atoms with Gasteiger partial charge in [0.25, 0.3) is 0 Å². The summed E-state index contributed by atoms with van der Waals surface area (Å²) in [6, 6.07) is 24.3. The second-order valence-corrected chi connectivity index (χ2v) is 8.15. The zero-order valence-electron chi connectivity index (χ0n) is 16.7. The number of hydrogen-bond donors (Lipinski definition) is 0. The van der Waals surface area contributed by atoms with Crippen molar-refractivity contribution in [2.75, 3.05) is 11.4 Å². The molecule has 1 aliphatic rings. The van der Waals surface area contributed by atoms with Gasteiger partial charge in [0.15, 0.2) is 5.78 Å². The van der Waals surface area contributed by atoms with Crippen LogP contribution in [0.2, 0.25) is 5.02 Å². The Morgan fingerprint density at radius 3 is 2.45 bits per heavy atom. The van der Waals surface area contributed by atoms with Crippen molar-refractivity contribution in [2.45, 2.75) is 18.9 Å². The molecule has 0 spiro atoms. The summed E-state index contributed by atoms with van der Waals surface area (Å²) in [4.78, 5) is 32.4. The Morgan fingerprint density at radius 1 is 0.968 bits per heavy atom. The van der Waals surface area contributed by atoms with E-state index in [0.29, 0.717) is 23.6 Å². The highest BCUT2D eigenvalue weighted by molar-refractivity contribution is 6.30. The zero-order valence-corrected chi connectivity index (χ0v) is 17.5. The average molecular weight is 430 g/mol. The molecule has 1 fully saturated rings. The molecule has 1 amide bonds. The van der Waals surface area contributed by atoms with Gasteiger partial charge in [-0.05, 0) is 48.5 Å². The lowest BCUT2D eigenvalue weighted by atomic mass is 10.1. The lowest BCUT2D eigenvalue weighted by Crippen LogP contribution is -2.24. The first-order valence-electron chi connectivity index (χ1n) is 10.2. The first kappa shape index (κ1) is 19.5. The smallest absolute Gasteiger partial charge is 0.227 e. The maximum atomic E-state index is 13.0. The molecule has 3 aromatic carbocycles. The van der Waals surface area contributed by atoms with Crippen LogP contribution in [0, 0.1) is 0 Å². The summed E-state index contributed by atoms with van der Waals surface area (Å²) in [7, 11) is 0. The van der Waals surface area contributed by atoms with Crippen molar-refractivity contribution in [3.8, 4) is 0 Å². The molecule has 31 heavy (non-hydrogen) atoms. The maximum absolute atomic E-state index is 13.0. The minimum atomic E-state index is -0.0851. The van der Waals surface area contributed by atoms with Gasteiger partial charge in [-0.1, -0.05) is 41.9 Å². The van der Waals surface area contributed by atoms with Crippen LogP contribution in [-0.2, 0) is 11.3 Å². The molecular weight excluding hydrogens is 410 g/mol. The predicted molar refractivity (Wildman–Crippen MR) is 122 cm³/mol. The number of amides is 1. The fourth-order valence-corrected chi connectivity index (χ4v) is 4.31. The number of benzene rings is 3. The molecule has 154 valence electrons. The second-order valence-electron chi connectivity index (χ2n) is 7.72. The van der Waals surface area contributed by atoms with Crippen LogP contribution in [0.15, 0.2) is 78.9 Å². The molecule has 1 atom stereocenters. The highest BCUT2D eigenvalue weighted by Gasteiger charge is 2.35. The second kappa shape index (κ2) is 8.00. The van der Waals surface area contributed by atoms with E-state index < -0.39 is 0 Å². The monoisotopic (exact) mass is 429 g/mol. The first-order chi connectivity index (χ1) is 15.1. The molecule has 2 heterocycles. The molecular formula is C25H20ClN3O2. The minimum absolute atomic E-state index is 0.0229. The van der Waals surface area contributed by atoms with Crippen molar-refractivity contribution in [3.05, 3.63) is 95.3 Å². The Kier molecular flexibility index (Phi) is 5.04. The maximum Gasteiger partial charge on any atom is 0.227 e. The number of ketones is 1. The van der Waals surface area contributed by atoms with Crippen molar-refractivity contribution in [1.29, 1.82) is 0 Å². The van der Waals surface area contributed by atoms with Crippen molar-refractivity contribution < 1.29 is 9.59 Å². The number of carbonyl (C=O) groups excluding carboxylic acids is 2. The van der Waals surface area contributed by atoms with Gasteiger partial charge in [-0.25, -0.2) is 4.98 Å². The average Bonchev–Trinajstić information content (AvgIpc) is 3.35. The number of fused-ring (bicyclic) bond motifs is 1. The van der Waals surface area contributed by atoms with Crippen molar-refractivity contribution in [3.63, 3.8) is 0 Å². The molecule has 1 aromatic heterocycles. The molecule has 0 saturated carbocycles. The van der Waals surface area contributed by atoms with Crippen LogP contribution < -0.4 is 4.90 Å². The van der Waals surface area contributed by atoms with Crippen LogP contribution in [0.25, 0.3) is 11.0 Å². The molecule has 1 saturated heterocycles. The molecule has 1 unspecified atom stereocenters. The molecule has 4 aromatic rings. The fraction of sp³-hybridized carbons (Fsp3) is 0.160. The van der Waals surface area contributed by atoms with Gasteiger partial charge in [-0.3, -0.25) is 9.59 Å². The SMILES string of the molecule is O=C(Cn1c(C2CC(=O)N(c3ccccc3)C2)nc2ccccc21)c1ccc(Cl)cc1. The van der Waals surface area contributed by atoms with Crippen LogP contribution in [0.3, 0.4) is 0 Å². The number of anilines is 1. The van der Waals surface area contributed by atoms with Crippen LogP contribution in [0.5, 0.6) is 0 Å². The van der Waals surface area contributed by atoms with Gasteiger partial charge in [-0.15, -0.1) is 0 Å². The number of halogens is 1. The first-order valence-corrected chi connectivity index (χ1v) is 10.6. The summed E-state index contributed by atoms with van der Waals surface area (Å²) in [5, 5.41) is 0.593. The Hall–Kier alpha value is -3.44. The minimum Gasteiger partial charge on any atom is -0.320 e. The van der Waals surface area contributed by atoms with E-state index in [-0.39, 0.29) is 24.2 Å². The van der Waals surface area contributed by atoms with Gasteiger partial charge in [0, 0.05) is 35.2 Å². The van der Waals surface area contributed by atoms with Gasteiger partial charge in [0.05, 0.1) is 17.6 Å². The topological polar surface area (TPSA) is 55.2 Å². The number of carbonyl (C=O) groups is 2. The van der Waals surface area contributed by atoms with E-state index in [4.69, 9.17) is 16.6 Å². The van der Waals surface area contributed by atoms with E-state index in [2.05, 4.69) is 0 Å². The predicted octanol–water partition coefficient (Wildman–Crippen LogP) is 5.09. The number of hydrogen-bond acceptors (Lipinski definition) is 3. The molecule has 5 nitrogen and oxygen atoms in total. The number of aromatic nitrogens is 2. The molecule has 1 aliphatic heterocycles. The fourth-order valence-electron chi connectivity index (χ4n) is 4.18. The van der Waals surface area contributed by atoms with Crippen molar-refractivity contribution in [1.82, 2.24) is 9.55 Å². The highest BCUT2D eigenvalue weighted by Crippen LogP contribution is 2.33. The number of rotatable bonds is 5. The quantitative estimate of drug-likeness (QED) is 0.415. The van der Waals surface area contributed by atoms with E-state index in [1.165, 1.54) is 0 Å². The van der Waals surface area contributed by atoms with Crippen LogP contribution >= 0.6 is 11.6 Å². The third-order valence-electron chi connectivity index (χ3n) is 5.71. The molecule has 0 aliphatic carbocycles. The Labute approximate surface area is 184 Å². The highest BCUT2D eigenvalue weighted by atomic mass is 35.5. The lowest BCUT2D eigenvalue weighted by Gasteiger charge is -2.17. The van der Waals surface area contributed by atoms with Crippen molar-refractivity contribution >= 4 is 40.0 Å². The summed E-state index contributed by atoms with van der Waals surface area (Å²) in [5.41, 5.74) is 3.20. The molecule has 0 bridgehead atoms. The van der Waals surface area contributed by atoms with Gasteiger partial charge >= 0.3 is 0 Å². The van der Waals surface area contributed by atoms with Gasteiger partial charge in [0.2, 0.25) is 5.91 Å². The number of Topliss-reactive ketones (excluding diaryl/α,β-unsaturated/α-hetero) is 1. The van der Waals surface area contributed by atoms with E-state index >= 15 is 0 Å². The van der Waals surface area contributed by atoms with Crippen LogP contribution in [0.1, 0.15) is 28.5 Å². The van der Waals surface area contributed by atoms with E-state index in [0.717, 1.165) is 22.5 Å². The summed E-state index contributed by atoms with van der Waals surface area (Å²) in [6.45, 7) is 0.703. The summed E-state index contributed by atoms with van der Waals surface area (Å²) >= 11 is 5.96. The van der Waals surface area contributed by atoms with Crippen LogP contribution in [0.4, 0.5) is 5.69 Å². The Bertz CT molecular complexity index is 1270. The van der Waals surface area contributed by atoms with E-state index in [1.807, 2.05) is 59.2 Å². The molecule has 6 heteroatoms. The summed E-state index contributed by atoms with van der Waals surface area (Å²) in [5.74, 6) is 0.734. The number of imidazole rings is 1. The number of para-hydroxylation sites is 3. The zero-order chi connectivity index (χ0) is 21.4. The molecule has 5 rings (SSSR count). The summed E-state index contributed by atoms with van der Waals surface area (Å²) in [6.07, 6.45) is 0.368. The normalized spacial score (nSPS) is 16.2. The van der Waals surface area contributed by atoms with Crippen molar-refractivity contribution in [2.24, 2.45) is 0 Å². The van der Waals surface area contributed by atoms with E-state index in [9.17, 15) is 9.59 Å². The third kappa shape index (κ3) is 3.73. The van der Waals surface area contributed by atoms with Crippen LogP contribution in [-0.4, -0.2) is 27.8 Å². The number of nitrogens with zero attached hydrogens (tertiary/aromatic N) is 3.